The normalized spacial score (nSPS) is 12.6. The maximum absolute atomic E-state index is 4.14. The molecule has 1 aromatic heterocycles. The van der Waals surface area contributed by atoms with Crippen LogP contribution in [0.2, 0.25) is 0 Å². The van der Waals surface area contributed by atoms with Gasteiger partial charge in [-0.2, -0.15) is 0 Å². The number of benzene rings is 1. The first kappa shape index (κ1) is 13.7. The molecule has 0 aliphatic heterocycles. The molecule has 1 N–H and O–H groups in total. The van der Waals surface area contributed by atoms with Crippen LogP contribution in [0.1, 0.15) is 17.4 Å². The minimum atomic E-state index is 0.467. The number of halogens is 1. The molecule has 1 heterocycles. The van der Waals surface area contributed by atoms with Crippen LogP contribution in [0.4, 0.5) is 0 Å². The van der Waals surface area contributed by atoms with Gasteiger partial charge in [-0.1, -0.05) is 41.1 Å². The van der Waals surface area contributed by atoms with Crippen molar-refractivity contribution in [2.45, 2.75) is 25.8 Å². The maximum atomic E-state index is 4.14. The van der Waals surface area contributed by atoms with Crippen molar-refractivity contribution in [2.75, 3.05) is 6.54 Å². The molecule has 1 unspecified atom stereocenters. The third kappa shape index (κ3) is 3.90. The molecule has 0 saturated carbocycles. The minimum Gasteiger partial charge on any atom is -0.314 e. The number of hydrogen-bond donors (Lipinski definition) is 1. The summed E-state index contributed by atoms with van der Waals surface area (Å²) in [6.07, 6.45) is 4.04. The minimum absolute atomic E-state index is 0.467. The van der Waals surface area contributed by atoms with Crippen LogP contribution in [0.25, 0.3) is 0 Å². The van der Waals surface area contributed by atoms with E-state index in [4.69, 9.17) is 0 Å². The lowest BCUT2D eigenvalue weighted by molar-refractivity contribution is 0.523. The van der Waals surface area contributed by atoms with E-state index in [2.05, 4.69) is 57.4 Å². The van der Waals surface area contributed by atoms with Gasteiger partial charge in [-0.05, 0) is 31.0 Å². The van der Waals surface area contributed by atoms with Gasteiger partial charge in [0.1, 0.15) is 0 Å². The van der Waals surface area contributed by atoms with E-state index in [9.17, 15) is 0 Å². The summed E-state index contributed by atoms with van der Waals surface area (Å²) in [5.74, 6) is 0. The van der Waals surface area contributed by atoms with Gasteiger partial charge in [-0.25, -0.2) is 0 Å². The molecule has 0 bridgehead atoms. The second-order valence-electron chi connectivity index (χ2n) is 4.22. The van der Waals surface area contributed by atoms with E-state index in [0.717, 1.165) is 19.4 Å². The van der Waals surface area contributed by atoms with Gasteiger partial charge in [0.2, 0.25) is 0 Å². The van der Waals surface area contributed by atoms with E-state index in [-0.39, 0.29) is 0 Å². The zero-order chi connectivity index (χ0) is 12.8. The van der Waals surface area contributed by atoms with E-state index >= 15 is 0 Å². The van der Waals surface area contributed by atoms with Crippen LogP contribution in [-0.4, -0.2) is 17.6 Å². The molecule has 0 saturated heterocycles. The first-order valence-corrected chi connectivity index (χ1v) is 7.81. The van der Waals surface area contributed by atoms with Gasteiger partial charge >= 0.3 is 0 Å². The molecule has 0 radical (unpaired) electrons. The Kier molecular flexibility index (Phi) is 5.35. The van der Waals surface area contributed by atoms with Crippen LogP contribution < -0.4 is 5.32 Å². The fraction of sp³-hybridized carbons (Fsp3) is 0.357. The topological polar surface area (TPSA) is 24.9 Å². The van der Waals surface area contributed by atoms with Crippen LogP contribution in [0.3, 0.4) is 0 Å². The Morgan fingerprint density at radius 1 is 1.33 bits per heavy atom. The summed E-state index contributed by atoms with van der Waals surface area (Å²) in [5.41, 5.74) is 3.25. The van der Waals surface area contributed by atoms with Crippen LogP contribution in [0.15, 0.2) is 40.4 Å². The number of thiazole rings is 1. The fourth-order valence-corrected chi connectivity index (χ4v) is 3.14. The highest BCUT2D eigenvalue weighted by atomic mass is 79.9. The number of nitrogens with one attached hydrogen (secondary N) is 1. The molecule has 18 heavy (non-hydrogen) atoms. The van der Waals surface area contributed by atoms with Gasteiger partial charge in [-0.15, -0.1) is 11.3 Å². The molecular weight excluding hydrogens is 308 g/mol. The van der Waals surface area contributed by atoms with Crippen LogP contribution in [0.5, 0.6) is 0 Å². The van der Waals surface area contributed by atoms with Gasteiger partial charge in [0.05, 0.1) is 5.51 Å². The van der Waals surface area contributed by atoms with E-state index in [1.54, 1.807) is 11.3 Å². The van der Waals surface area contributed by atoms with Crippen molar-refractivity contribution >= 4 is 27.3 Å². The number of hydrogen-bond acceptors (Lipinski definition) is 3. The molecule has 1 aromatic carbocycles. The highest BCUT2D eigenvalue weighted by Crippen LogP contribution is 2.19. The molecule has 2 aromatic rings. The SMILES string of the molecule is CCNC(Cc1cncs1)Cc1ccccc1Br. The zero-order valence-corrected chi connectivity index (χ0v) is 12.8. The molecule has 96 valence electrons. The number of aromatic nitrogens is 1. The third-order valence-corrected chi connectivity index (χ3v) is 4.42. The van der Waals surface area contributed by atoms with E-state index < -0.39 is 0 Å². The molecule has 0 fully saturated rings. The molecule has 0 aliphatic carbocycles. The Balaban J connectivity index is 2.04. The number of rotatable bonds is 6. The maximum Gasteiger partial charge on any atom is 0.0794 e. The molecule has 4 heteroatoms. The molecule has 2 rings (SSSR count). The molecule has 0 aliphatic rings. The Morgan fingerprint density at radius 2 is 2.17 bits per heavy atom. The fourth-order valence-electron chi connectivity index (χ4n) is 2.02. The molecule has 0 amide bonds. The quantitative estimate of drug-likeness (QED) is 0.876. The van der Waals surface area contributed by atoms with Crippen molar-refractivity contribution in [2.24, 2.45) is 0 Å². The lowest BCUT2D eigenvalue weighted by Crippen LogP contribution is -2.32. The summed E-state index contributed by atoms with van der Waals surface area (Å²) >= 11 is 5.35. The Hall–Kier alpha value is -0.710. The monoisotopic (exact) mass is 324 g/mol. The van der Waals surface area contributed by atoms with Crippen LogP contribution >= 0.6 is 27.3 Å². The Labute approximate surface area is 121 Å². The lowest BCUT2D eigenvalue weighted by Gasteiger charge is -2.17. The van der Waals surface area contributed by atoms with Gasteiger partial charge in [-0.3, -0.25) is 4.98 Å². The molecular formula is C14H17BrN2S. The summed E-state index contributed by atoms with van der Waals surface area (Å²) in [7, 11) is 0. The summed E-state index contributed by atoms with van der Waals surface area (Å²) in [4.78, 5) is 5.48. The predicted molar refractivity (Wildman–Crippen MR) is 81.1 cm³/mol. The predicted octanol–water partition coefficient (Wildman–Crippen LogP) is 3.67. The average molecular weight is 325 g/mol. The standard InChI is InChI=1S/C14H17BrN2S/c1-2-17-12(8-13-9-16-10-18-13)7-11-5-3-4-6-14(11)15/h3-6,9-10,12,17H,2,7-8H2,1H3. The summed E-state index contributed by atoms with van der Waals surface area (Å²) in [6.45, 7) is 3.15. The molecule has 1 atom stereocenters. The third-order valence-electron chi connectivity index (χ3n) is 2.85. The molecule has 0 spiro atoms. The lowest BCUT2D eigenvalue weighted by atomic mass is 10.0. The molecule has 2 nitrogen and oxygen atoms in total. The van der Waals surface area contributed by atoms with Gasteiger partial charge < -0.3 is 5.32 Å². The van der Waals surface area contributed by atoms with Crippen molar-refractivity contribution in [3.8, 4) is 0 Å². The summed E-state index contributed by atoms with van der Waals surface area (Å²) in [6, 6.07) is 8.90. The smallest absolute Gasteiger partial charge is 0.0794 e. The Morgan fingerprint density at radius 3 is 2.83 bits per heavy atom. The highest BCUT2D eigenvalue weighted by Gasteiger charge is 2.12. The van der Waals surface area contributed by atoms with Crippen LogP contribution in [0, 0.1) is 0 Å². The first-order chi connectivity index (χ1) is 8.79. The summed E-state index contributed by atoms with van der Waals surface area (Å²) in [5, 5.41) is 3.55. The largest absolute Gasteiger partial charge is 0.314 e. The van der Waals surface area contributed by atoms with Crippen LogP contribution in [-0.2, 0) is 12.8 Å². The second kappa shape index (κ2) is 7.02. The van der Waals surface area contributed by atoms with E-state index in [0.29, 0.717) is 6.04 Å². The average Bonchev–Trinajstić information content (AvgIpc) is 2.85. The first-order valence-electron chi connectivity index (χ1n) is 6.13. The van der Waals surface area contributed by atoms with Crippen molar-refractivity contribution in [1.82, 2.24) is 10.3 Å². The zero-order valence-electron chi connectivity index (χ0n) is 10.4. The van der Waals surface area contributed by atoms with Gasteiger partial charge in [0, 0.05) is 21.6 Å². The van der Waals surface area contributed by atoms with Gasteiger partial charge in [0.15, 0.2) is 0 Å². The summed E-state index contributed by atoms with van der Waals surface area (Å²) < 4.78 is 1.19. The number of likely N-dealkylation sites (N-methyl/N-ethyl adjacent to an activating group) is 1. The van der Waals surface area contributed by atoms with Gasteiger partial charge in [0.25, 0.3) is 0 Å². The van der Waals surface area contributed by atoms with Crippen molar-refractivity contribution in [1.29, 1.82) is 0 Å². The van der Waals surface area contributed by atoms with Crippen molar-refractivity contribution < 1.29 is 0 Å². The van der Waals surface area contributed by atoms with E-state index in [1.165, 1.54) is 14.9 Å². The van der Waals surface area contributed by atoms with Crippen molar-refractivity contribution in [3.05, 3.63) is 50.9 Å². The Bertz CT molecular complexity index is 470. The highest BCUT2D eigenvalue weighted by molar-refractivity contribution is 9.10. The van der Waals surface area contributed by atoms with E-state index in [1.807, 2.05) is 11.7 Å². The second-order valence-corrected chi connectivity index (χ2v) is 6.05. The van der Waals surface area contributed by atoms with Crippen molar-refractivity contribution in [3.63, 3.8) is 0 Å². The number of nitrogens with zero attached hydrogens (tertiary/aromatic N) is 1.